The molecule has 0 aliphatic heterocycles. The molecule has 0 bridgehead atoms. The molecule has 0 amide bonds. The highest BCUT2D eigenvalue weighted by atomic mass is 16.5. The highest BCUT2D eigenvalue weighted by Gasteiger charge is 2.18. The maximum absolute atomic E-state index is 9.91. The number of nitrogens with zero attached hydrogens (tertiary/aromatic N) is 1. The Hall–Kier alpha value is -1.22. The minimum atomic E-state index is -0.535. The molecular weight excluding hydrogens is 214 g/mol. The molecule has 96 valence electrons. The van der Waals surface area contributed by atoms with E-state index in [-0.39, 0.29) is 0 Å². The minimum Gasteiger partial charge on any atom is -0.496 e. The predicted octanol–water partition coefficient (Wildman–Crippen LogP) is 2.98. The van der Waals surface area contributed by atoms with Gasteiger partial charge >= 0.3 is 0 Å². The lowest BCUT2D eigenvalue weighted by Gasteiger charge is -2.29. The molecule has 0 radical (unpaired) electrons. The third-order valence-corrected chi connectivity index (χ3v) is 3.31. The summed E-state index contributed by atoms with van der Waals surface area (Å²) in [4.78, 5) is 2.19. The van der Waals surface area contributed by atoms with E-state index >= 15 is 0 Å². The van der Waals surface area contributed by atoms with Crippen LogP contribution in [-0.4, -0.2) is 25.3 Å². The molecule has 17 heavy (non-hydrogen) atoms. The van der Waals surface area contributed by atoms with E-state index in [0.29, 0.717) is 6.04 Å². The first kappa shape index (κ1) is 13.8. The van der Waals surface area contributed by atoms with Crippen molar-refractivity contribution in [3.8, 4) is 5.75 Å². The van der Waals surface area contributed by atoms with Gasteiger partial charge in [-0.25, -0.2) is 0 Å². The Morgan fingerprint density at radius 3 is 2.47 bits per heavy atom. The Morgan fingerprint density at radius 1 is 1.35 bits per heavy atom. The lowest BCUT2D eigenvalue weighted by molar-refractivity contribution is 0.194. The van der Waals surface area contributed by atoms with Crippen LogP contribution in [0.15, 0.2) is 18.2 Å². The van der Waals surface area contributed by atoms with Gasteiger partial charge in [0.2, 0.25) is 0 Å². The third kappa shape index (κ3) is 2.91. The van der Waals surface area contributed by atoms with E-state index in [0.717, 1.165) is 23.4 Å². The zero-order chi connectivity index (χ0) is 13.0. The van der Waals surface area contributed by atoms with Crippen LogP contribution in [0.2, 0.25) is 0 Å². The highest BCUT2D eigenvalue weighted by Crippen LogP contribution is 2.34. The first-order valence-corrected chi connectivity index (χ1v) is 6.10. The number of rotatable bonds is 5. The summed E-state index contributed by atoms with van der Waals surface area (Å²) in [7, 11) is 3.68. The number of aliphatic hydroxyl groups is 1. The molecule has 0 heterocycles. The van der Waals surface area contributed by atoms with Gasteiger partial charge in [-0.2, -0.15) is 0 Å². The van der Waals surface area contributed by atoms with Crippen LogP contribution in [0.3, 0.4) is 0 Å². The molecule has 0 aliphatic carbocycles. The summed E-state index contributed by atoms with van der Waals surface area (Å²) >= 11 is 0. The van der Waals surface area contributed by atoms with Gasteiger partial charge in [0.05, 0.1) is 13.2 Å². The van der Waals surface area contributed by atoms with E-state index in [1.165, 1.54) is 0 Å². The van der Waals surface area contributed by atoms with Crippen molar-refractivity contribution in [2.75, 3.05) is 19.1 Å². The van der Waals surface area contributed by atoms with E-state index < -0.39 is 6.10 Å². The Bertz CT molecular complexity index is 363. The molecule has 1 rings (SSSR count). The van der Waals surface area contributed by atoms with Gasteiger partial charge in [-0.15, -0.1) is 0 Å². The van der Waals surface area contributed by atoms with Gasteiger partial charge in [0.15, 0.2) is 0 Å². The normalized spacial score (nSPS) is 14.2. The van der Waals surface area contributed by atoms with Crippen LogP contribution in [0.4, 0.5) is 5.69 Å². The fourth-order valence-corrected chi connectivity index (χ4v) is 1.95. The van der Waals surface area contributed by atoms with Gasteiger partial charge < -0.3 is 14.7 Å². The fraction of sp³-hybridized carbons (Fsp3) is 0.571. The summed E-state index contributed by atoms with van der Waals surface area (Å²) in [6, 6.07) is 6.30. The summed E-state index contributed by atoms with van der Waals surface area (Å²) in [6.07, 6.45) is 0.528. The lowest BCUT2D eigenvalue weighted by Crippen LogP contribution is -2.29. The zero-order valence-electron chi connectivity index (χ0n) is 11.4. The van der Waals surface area contributed by atoms with E-state index in [9.17, 15) is 5.11 Å². The average Bonchev–Trinajstić information content (AvgIpc) is 2.35. The summed E-state index contributed by atoms with van der Waals surface area (Å²) in [5, 5.41) is 9.91. The summed E-state index contributed by atoms with van der Waals surface area (Å²) < 4.78 is 5.32. The van der Waals surface area contributed by atoms with Gasteiger partial charge in [-0.1, -0.05) is 13.0 Å². The number of methoxy groups -OCH3 is 1. The smallest absolute Gasteiger partial charge is 0.126 e. The molecule has 0 aromatic heterocycles. The monoisotopic (exact) mass is 237 g/mol. The Labute approximate surface area is 104 Å². The standard InChI is InChI=1S/C14H23NO2/c1-6-10(2)15(4)12-8-7-9-13(17-5)14(12)11(3)16/h7-11,16H,6H2,1-5H3/t10?,11-/m0/s1. The topological polar surface area (TPSA) is 32.7 Å². The van der Waals surface area contributed by atoms with Crippen LogP contribution in [0, 0.1) is 0 Å². The first-order chi connectivity index (χ1) is 8.02. The number of hydrogen-bond donors (Lipinski definition) is 1. The molecule has 1 aromatic carbocycles. The molecule has 1 N–H and O–H groups in total. The van der Waals surface area contributed by atoms with Gasteiger partial charge in [0.25, 0.3) is 0 Å². The second-order valence-corrected chi connectivity index (χ2v) is 4.44. The predicted molar refractivity (Wildman–Crippen MR) is 71.8 cm³/mol. The minimum absolute atomic E-state index is 0.430. The van der Waals surface area contributed by atoms with Crippen molar-refractivity contribution < 1.29 is 9.84 Å². The van der Waals surface area contributed by atoms with E-state index in [1.807, 2.05) is 18.2 Å². The van der Waals surface area contributed by atoms with Crippen LogP contribution < -0.4 is 9.64 Å². The molecule has 1 unspecified atom stereocenters. The molecule has 0 saturated carbocycles. The SMILES string of the molecule is CCC(C)N(C)c1cccc(OC)c1[C@H](C)O. The number of benzene rings is 1. The molecule has 0 saturated heterocycles. The average molecular weight is 237 g/mol. The maximum Gasteiger partial charge on any atom is 0.126 e. The molecule has 3 heteroatoms. The first-order valence-electron chi connectivity index (χ1n) is 6.10. The van der Waals surface area contributed by atoms with Gasteiger partial charge in [-0.05, 0) is 32.4 Å². The van der Waals surface area contributed by atoms with Gasteiger partial charge in [0.1, 0.15) is 5.75 Å². The molecule has 2 atom stereocenters. The summed E-state index contributed by atoms with van der Waals surface area (Å²) in [5.41, 5.74) is 1.89. The van der Waals surface area contributed by atoms with Crippen LogP contribution in [0.25, 0.3) is 0 Å². The van der Waals surface area contributed by atoms with Crippen molar-refractivity contribution >= 4 is 5.69 Å². The second-order valence-electron chi connectivity index (χ2n) is 4.44. The quantitative estimate of drug-likeness (QED) is 0.854. The van der Waals surface area contributed by atoms with Crippen molar-refractivity contribution in [1.82, 2.24) is 0 Å². The molecule has 0 fully saturated rings. The second kappa shape index (κ2) is 5.92. The van der Waals surface area contributed by atoms with Crippen LogP contribution in [0.1, 0.15) is 38.9 Å². The Kier molecular flexibility index (Phi) is 4.82. The summed E-state index contributed by atoms with van der Waals surface area (Å²) in [5.74, 6) is 0.743. The lowest BCUT2D eigenvalue weighted by atomic mass is 10.0. The van der Waals surface area contributed by atoms with Crippen LogP contribution >= 0.6 is 0 Å². The van der Waals surface area contributed by atoms with Gasteiger partial charge in [0, 0.05) is 24.3 Å². The number of anilines is 1. The molecule has 1 aromatic rings. The third-order valence-electron chi connectivity index (χ3n) is 3.31. The number of hydrogen-bond acceptors (Lipinski definition) is 3. The largest absolute Gasteiger partial charge is 0.496 e. The van der Waals surface area contributed by atoms with Crippen molar-refractivity contribution in [3.05, 3.63) is 23.8 Å². The number of aliphatic hydroxyl groups excluding tert-OH is 1. The van der Waals surface area contributed by atoms with Crippen molar-refractivity contribution in [1.29, 1.82) is 0 Å². The van der Waals surface area contributed by atoms with E-state index in [2.05, 4.69) is 25.8 Å². The van der Waals surface area contributed by atoms with E-state index in [1.54, 1.807) is 14.0 Å². The van der Waals surface area contributed by atoms with Crippen molar-refractivity contribution in [2.24, 2.45) is 0 Å². The van der Waals surface area contributed by atoms with Crippen LogP contribution in [-0.2, 0) is 0 Å². The molecule has 0 spiro atoms. The highest BCUT2D eigenvalue weighted by molar-refractivity contribution is 5.60. The molecule has 3 nitrogen and oxygen atoms in total. The fourth-order valence-electron chi connectivity index (χ4n) is 1.95. The van der Waals surface area contributed by atoms with Gasteiger partial charge in [-0.3, -0.25) is 0 Å². The van der Waals surface area contributed by atoms with Crippen LogP contribution in [0.5, 0.6) is 5.75 Å². The molecule has 0 aliphatic rings. The number of ether oxygens (including phenoxy) is 1. The molecular formula is C14H23NO2. The zero-order valence-corrected chi connectivity index (χ0v) is 11.4. The van der Waals surface area contributed by atoms with Crippen molar-refractivity contribution in [3.63, 3.8) is 0 Å². The van der Waals surface area contributed by atoms with Crippen molar-refractivity contribution in [2.45, 2.75) is 39.3 Å². The van der Waals surface area contributed by atoms with E-state index in [4.69, 9.17) is 4.74 Å². The Morgan fingerprint density at radius 2 is 2.00 bits per heavy atom. The maximum atomic E-state index is 9.91. The summed E-state index contributed by atoms with van der Waals surface area (Å²) in [6.45, 7) is 6.10. The Balaban J connectivity index is 3.22.